The van der Waals surface area contributed by atoms with Crippen LogP contribution in [-0.4, -0.2) is 31.0 Å². The van der Waals surface area contributed by atoms with Crippen LogP contribution in [0.25, 0.3) is 21.9 Å². The Morgan fingerprint density at radius 3 is 3.00 bits per heavy atom. The van der Waals surface area contributed by atoms with E-state index in [9.17, 15) is 4.79 Å². The van der Waals surface area contributed by atoms with Gasteiger partial charge in [-0.05, 0) is 30.4 Å². The number of imidazole rings is 1. The Morgan fingerprint density at radius 1 is 1.26 bits per heavy atom. The van der Waals surface area contributed by atoms with Gasteiger partial charge in [-0.15, -0.1) is 0 Å². The lowest BCUT2D eigenvalue weighted by atomic mass is 10.1. The van der Waals surface area contributed by atoms with Gasteiger partial charge in [0.25, 0.3) is 5.56 Å². The Balaban J connectivity index is 1.47. The zero-order valence-electron chi connectivity index (χ0n) is 14.4. The van der Waals surface area contributed by atoms with Gasteiger partial charge < -0.3 is 14.9 Å². The van der Waals surface area contributed by atoms with Gasteiger partial charge in [0.05, 0.1) is 16.7 Å². The smallest absolute Gasteiger partial charge is 0.260 e. The van der Waals surface area contributed by atoms with Crippen molar-refractivity contribution < 1.29 is 0 Å². The second-order valence-corrected chi connectivity index (χ2v) is 7.15. The van der Waals surface area contributed by atoms with Crippen LogP contribution in [-0.2, 0) is 6.42 Å². The molecule has 0 saturated heterocycles. The van der Waals surface area contributed by atoms with Crippen LogP contribution in [0.4, 0.5) is 5.82 Å². The number of aromatic nitrogens is 5. The van der Waals surface area contributed by atoms with Crippen LogP contribution in [0, 0.1) is 0 Å². The molecule has 1 saturated carbocycles. The van der Waals surface area contributed by atoms with Gasteiger partial charge >= 0.3 is 0 Å². The Kier molecular flexibility index (Phi) is 3.82. The molecule has 3 heterocycles. The zero-order valence-corrected chi connectivity index (χ0v) is 15.2. The molecule has 0 bridgehead atoms. The van der Waals surface area contributed by atoms with Gasteiger partial charge in [0.2, 0.25) is 0 Å². The van der Waals surface area contributed by atoms with E-state index in [0.29, 0.717) is 34.8 Å². The van der Waals surface area contributed by atoms with Gasteiger partial charge in [0, 0.05) is 24.7 Å². The minimum Gasteiger partial charge on any atom is -0.368 e. The molecule has 4 aromatic rings. The molecule has 27 heavy (non-hydrogen) atoms. The lowest BCUT2D eigenvalue weighted by molar-refractivity contribution is 0.665. The molecule has 7 nitrogen and oxygen atoms in total. The second-order valence-electron chi connectivity index (χ2n) is 6.75. The fourth-order valence-electron chi connectivity index (χ4n) is 3.52. The van der Waals surface area contributed by atoms with Crippen molar-refractivity contribution in [1.29, 1.82) is 0 Å². The molecule has 8 heteroatoms. The highest BCUT2D eigenvalue weighted by atomic mass is 35.5. The predicted molar refractivity (Wildman–Crippen MR) is 105 cm³/mol. The van der Waals surface area contributed by atoms with Gasteiger partial charge in [0.1, 0.15) is 11.8 Å². The summed E-state index contributed by atoms with van der Waals surface area (Å²) in [7, 11) is 0. The van der Waals surface area contributed by atoms with Crippen molar-refractivity contribution in [3.05, 3.63) is 58.0 Å². The monoisotopic (exact) mass is 380 g/mol. The van der Waals surface area contributed by atoms with E-state index in [2.05, 4.69) is 31.3 Å². The van der Waals surface area contributed by atoms with Crippen molar-refractivity contribution >= 4 is 39.4 Å². The van der Waals surface area contributed by atoms with Crippen molar-refractivity contribution in [2.24, 2.45) is 0 Å². The van der Waals surface area contributed by atoms with Gasteiger partial charge in [-0.1, -0.05) is 23.7 Å². The van der Waals surface area contributed by atoms with Crippen molar-refractivity contribution in [2.45, 2.75) is 25.3 Å². The number of benzene rings is 1. The van der Waals surface area contributed by atoms with Crippen LogP contribution >= 0.6 is 11.6 Å². The number of nitrogens with one attached hydrogen (secondary N) is 2. The highest BCUT2D eigenvalue weighted by molar-refractivity contribution is 6.35. The van der Waals surface area contributed by atoms with Crippen LogP contribution in [0.5, 0.6) is 0 Å². The molecule has 1 aliphatic carbocycles. The molecule has 1 aromatic carbocycles. The van der Waals surface area contributed by atoms with Gasteiger partial charge in [-0.25, -0.2) is 15.0 Å². The largest absolute Gasteiger partial charge is 0.368 e. The number of hydrogen-bond acceptors (Lipinski definition) is 5. The first-order valence-electron chi connectivity index (χ1n) is 8.93. The second kappa shape index (κ2) is 6.35. The number of aromatic amines is 1. The molecule has 0 spiro atoms. The Hall–Kier alpha value is -2.93. The molecular formula is C19H17ClN6O. The number of fused-ring (bicyclic) bond motifs is 2. The molecule has 1 aliphatic rings. The van der Waals surface area contributed by atoms with Crippen LogP contribution in [0.2, 0.25) is 5.02 Å². The fourth-order valence-corrected chi connectivity index (χ4v) is 3.78. The average Bonchev–Trinajstić information content (AvgIpc) is 3.37. The maximum atomic E-state index is 13.0. The first-order valence-corrected chi connectivity index (χ1v) is 9.31. The molecule has 136 valence electrons. The molecule has 1 fully saturated rings. The number of pyridine rings is 1. The summed E-state index contributed by atoms with van der Waals surface area (Å²) in [4.78, 5) is 28.6. The maximum Gasteiger partial charge on any atom is 0.260 e. The summed E-state index contributed by atoms with van der Waals surface area (Å²) in [5, 5.41) is 5.33. The molecule has 2 N–H and O–H groups in total. The van der Waals surface area contributed by atoms with Crippen molar-refractivity contribution in [1.82, 2.24) is 24.5 Å². The third-order valence-corrected chi connectivity index (χ3v) is 5.23. The SMILES string of the molecule is O=c1c2c(Cl)cccc2cc(CCNc2ncnc3nc[nH]c23)n1C1CC1. The normalized spacial score (nSPS) is 14.1. The standard InChI is InChI=1S/C19H17ClN6O/c20-14-3-1-2-11-8-13(26(12-4-5-12)19(27)15(11)14)6-7-21-17-16-18(23-9-22-16)25-10-24-17/h1-3,8-10,12H,4-7H2,(H2,21,22,23,24,25). The Bertz CT molecular complexity index is 1210. The van der Waals surface area contributed by atoms with E-state index < -0.39 is 0 Å². The van der Waals surface area contributed by atoms with Gasteiger partial charge in [-0.2, -0.15) is 0 Å². The summed E-state index contributed by atoms with van der Waals surface area (Å²) in [6.07, 6.45) is 5.87. The van der Waals surface area contributed by atoms with Crippen molar-refractivity contribution in [3.63, 3.8) is 0 Å². The predicted octanol–water partition coefficient (Wildman–Crippen LogP) is 3.31. The minimum atomic E-state index is 0.00796. The fraction of sp³-hybridized carbons (Fsp3) is 0.263. The maximum absolute atomic E-state index is 13.0. The lowest BCUT2D eigenvalue weighted by Gasteiger charge is -2.15. The van der Waals surface area contributed by atoms with E-state index in [1.165, 1.54) is 6.33 Å². The lowest BCUT2D eigenvalue weighted by Crippen LogP contribution is -2.24. The molecule has 0 atom stereocenters. The van der Waals surface area contributed by atoms with Crippen LogP contribution in [0.15, 0.2) is 41.7 Å². The summed E-state index contributed by atoms with van der Waals surface area (Å²) >= 11 is 6.29. The summed E-state index contributed by atoms with van der Waals surface area (Å²) in [6.45, 7) is 0.642. The number of nitrogens with zero attached hydrogens (tertiary/aromatic N) is 4. The zero-order chi connectivity index (χ0) is 18.4. The topological polar surface area (TPSA) is 88.5 Å². The van der Waals surface area contributed by atoms with Crippen molar-refractivity contribution in [2.75, 3.05) is 11.9 Å². The van der Waals surface area contributed by atoms with E-state index in [-0.39, 0.29) is 11.6 Å². The molecule has 0 unspecified atom stereocenters. The summed E-state index contributed by atoms with van der Waals surface area (Å²) < 4.78 is 1.92. The van der Waals surface area contributed by atoms with Gasteiger partial charge in [-0.3, -0.25) is 4.79 Å². The van der Waals surface area contributed by atoms with Crippen molar-refractivity contribution in [3.8, 4) is 0 Å². The first-order chi connectivity index (χ1) is 13.2. The minimum absolute atomic E-state index is 0.00796. The number of H-pyrrole nitrogens is 1. The molecule has 0 aliphatic heterocycles. The van der Waals surface area contributed by atoms with Crippen LogP contribution in [0.1, 0.15) is 24.6 Å². The summed E-state index contributed by atoms with van der Waals surface area (Å²) in [5.74, 6) is 0.710. The number of rotatable bonds is 5. The summed E-state index contributed by atoms with van der Waals surface area (Å²) in [5.41, 5.74) is 2.43. The third-order valence-electron chi connectivity index (χ3n) is 4.92. The third kappa shape index (κ3) is 2.84. The van der Waals surface area contributed by atoms with E-state index in [4.69, 9.17) is 11.6 Å². The molecule has 3 aromatic heterocycles. The number of hydrogen-bond donors (Lipinski definition) is 2. The first kappa shape index (κ1) is 16.3. The summed E-state index contributed by atoms with van der Waals surface area (Å²) in [6, 6.07) is 7.95. The Labute approximate surface area is 159 Å². The van der Waals surface area contributed by atoms with Crippen LogP contribution in [0.3, 0.4) is 0 Å². The average molecular weight is 381 g/mol. The molecular weight excluding hydrogens is 364 g/mol. The number of halogens is 1. The quantitative estimate of drug-likeness (QED) is 0.554. The highest BCUT2D eigenvalue weighted by Gasteiger charge is 2.27. The van der Waals surface area contributed by atoms with Gasteiger partial charge in [0.15, 0.2) is 11.5 Å². The van der Waals surface area contributed by atoms with E-state index in [1.54, 1.807) is 12.4 Å². The van der Waals surface area contributed by atoms with E-state index in [0.717, 1.165) is 29.4 Å². The van der Waals surface area contributed by atoms with E-state index >= 15 is 0 Å². The Morgan fingerprint density at radius 2 is 2.15 bits per heavy atom. The van der Waals surface area contributed by atoms with Crippen LogP contribution < -0.4 is 10.9 Å². The molecule has 5 rings (SSSR count). The number of anilines is 1. The highest BCUT2D eigenvalue weighted by Crippen LogP contribution is 2.36. The molecule has 0 radical (unpaired) electrons. The molecule has 0 amide bonds. The van der Waals surface area contributed by atoms with E-state index in [1.807, 2.05) is 16.7 Å².